The van der Waals surface area contributed by atoms with E-state index in [2.05, 4.69) is 0 Å². The molecule has 0 aromatic heterocycles. The number of benzene rings is 1. The molecule has 92 valence electrons. The fraction of sp³-hybridized carbons (Fsp3) is 0.111. The maximum absolute atomic E-state index is 12.3. The predicted octanol–water partition coefficient (Wildman–Crippen LogP) is 1.69. The number of alkyl halides is 3. The van der Waals surface area contributed by atoms with Crippen LogP contribution in [-0.2, 0) is 11.0 Å². The van der Waals surface area contributed by atoms with E-state index in [9.17, 15) is 22.8 Å². The zero-order valence-corrected chi connectivity index (χ0v) is 8.21. The Kier molecular flexibility index (Phi) is 3.56. The van der Waals surface area contributed by atoms with Gasteiger partial charge in [0.25, 0.3) is 0 Å². The van der Waals surface area contributed by atoms with E-state index in [4.69, 9.17) is 5.11 Å². The minimum absolute atomic E-state index is 0.0722. The van der Waals surface area contributed by atoms with Gasteiger partial charge in [-0.1, -0.05) is 0 Å². The fourth-order valence-electron chi connectivity index (χ4n) is 1.07. The van der Waals surface area contributed by atoms with Crippen molar-refractivity contribution in [2.24, 2.45) is 0 Å². The van der Waals surface area contributed by atoms with Crippen LogP contribution in [0.1, 0.15) is 5.56 Å². The highest BCUT2D eigenvalue weighted by atomic mass is 19.4. The number of anilines is 1. The maximum Gasteiger partial charge on any atom is 0.416 e. The van der Waals surface area contributed by atoms with Crippen molar-refractivity contribution >= 4 is 18.1 Å². The largest absolute Gasteiger partial charge is 0.508 e. The molecule has 0 aliphatic carbocycles. The van der Waals surface area contributed by atoms with Gasteiger partial charge in [-0.15, -0.1) is 0 Å². The summed E-state index contributed by atoms with van der Waals surface area (Å²) < 4.78 is 37.0. The molecule has 5 nitrogen and oxygen atoms in total. The lowest BCUT2D eigenvalue weighted by atomic mass is 10.2. The molecular formula is C9H7F3N2O3. The van der Waals surface area contributed by atoms with Crippen LogP contribution in [0.4, 0.5) is 23.7 Å². The molecule has 0 spiro atoms. The van der Waals surface area contributed by atoms with Crippen LogP contribution >= 0.6 is 0 Å². The molecule has 17 heavy (non-hydrogen) atoms. The summed E-state index contributed by atoms with van der Waals surface area (Å²) in [6.45, 7) is 0. The molecule has 3 N–H and O–H groups in total. The van der Waals surface area contributed by atoms with E-state index in [-0.39, 0.29) is 12.1 Å². The van der Waals surface area contributed by atoms with Crippen LogP contribution in [0.2, 0.25) is 0 Å². The van der Waals surface area contributed by atoms with Crippen LogP contribution in [0.3, 0.4) is 0 Å². The lowest BCUT2D eigenvalue weighted by Gasteiger charge is -2.10. The van der Waals surface area contributed by atoms with Gasteiger partial charge in [-0.05, 0) is 12.1 Å². The zero-order valence-electron chi connectivity index (χ0n) is 8.21. The molecule has 0 saturated heterocycles. The normalized spacial score (nSPS) is 10.8. The molecule has 1 aromatic rings. The zero-order chi connectivity index (χ0) is 13.1. The van der Waals surface area contributed by atoms with Crippen LogP contribution in [0.5, 0.6) is 5.75 Å². The number of imide groups is 1. The lowest BCUT2D eigenvalue weighted by molar-refractivity contribution is -0.137. The molecular weight excluding hydrogens is 241 g/mol. The smallest absolute Gasteiger partial charge is 0.416 e. The topological polar surface area (TPSA) is 78.4 Å². The fourth-order valence-corrected chi connectivity index (χ4v) is 1.07. The number of urea groups is 1. The van der Waals surface area contributed by atoms with E-state index in [0.717, 1.165) is 6.07 Å². The van der Waals surface area contributed by atoms with Gasteiger partial charge in [-0.25, -0.2) is 4.79 Å². The Hall–Kier alpha value is -2.25. The van der Waals surface area contributed by atoms with Gasteiger partial charge in [0.15, 0.2) is 0 Å². The standard InChI is InChI=1S/C9H7F3N2O3/c10-9(11,12)5-1-6(3-7(16)2-5)14-8(17)13-4-15/h1-4,16H,(H2,13,14,15,17). The Morgan fingerprint density at radius 3 is 2.47 bits per heavy atom. The van der Waals surface area contributed by atoms with Crippen LogP contribution in [0, 0.1) is 0 Å². The van der Waals surface area contributed by atoms with Gasteiger partial charge in [0.05, 0.1) is 5.56 Å². The summed E-state index contributed by atoms with van der Waals surface area (Å²) in [5.74, 6) is -0.652. The van der Waals surface area contributed by atoms with Crippen molar-refractivity contribution in [2.45, 2.75) is 6.18 Å². The summed E-state index contributed by atoms with van der Waals surface area (Å²) in [6, 6.07) is 1.06. The van der Waals surface area contributed by atoms with Crippen molar-refractivity contribution in [3.05, 3.63) is 23.8 Å². The average Bonchev–Trinajstić information content (AvgIpc) is 2.15. The summed E-state index contributed by atoms with van der Waals surface area (Å²) >= 11 is 0. The van der Waals surface area contributed by atoms with Crippen molar-refractivity contribution in [1.29, 1.82) is 0 Å². The summed E-state index contributed by atoms with van der Waals surface area (Å²) in [7, 11) is 0. The number of carbonyl (C=O) groups excluding carboxylic acids is 2. The molecule has 0 unspecified atom stereocenters. The third-order valence-electron chi connectivity index (χ3n) is 1.69. The number of hydrogen-bond acceptors (Lipinski definition) is 3. The molecule has 0 heterocycles. The predicted molar refractivity (Wildman–Crippen MR) is 51.3 cm³/mol. The van der Waals surface area contributed by atoms with Crippen molar-refractivity contribution in [3.63, 3.8) is 0 Å². The summed E-state index contributed by atoms with van der Waals surface area (Å²) in [4.78, 5) is 20.8. The van der Waals surface area contributed by atoms with Gasteiger partial charge in [0, 0.05) is 11.8 Å². The van der Waals surface area contributed by atoms with E-state index < -0.39 is 23.5 Å². The molecule has 0 fully saturated rings. The molecule has 0 aliphatic heterocycles. The molecule has 0 bridgehead atoms. The average molecular weight is 248 g/mol. The number of nitrogens with one attached hydrogen (secondary N) is 2. The highest BCUT2D eigenvalue weighted by molar-refractivity contribution is 5.95. The van der Waals surface area contributed by atoms with Gasteiger partial charge < -0.3 is 10.4 Å². The van der Waals surface area contributed by atoms with Gasteiger partial charge in [-0.2, -0.15) is 13.2 Å². The monoisotopic (exact) mass is 248 g/mol. The first kappa shape index (κ1) is 12.8. The molecule has 8 heteroatoms. The van der Waals surface area contributed by atoms with Gasteiger partial charge >= 0.3 is 12.2 Å². The molecule has 0 saturated carbocycles. The molecule has 0 radical (unpaired) electrons. The van der Waals surface area contributed by atoms with Crippen LogP contribution in [0.15, 0.2) is 18.2 Å². The Labute approximate surface area is 93.2 Å². The molecule has 3 amide bonds. The van der Waals surface area contributed by atoms with Crippen molar-refractivity contribution in [1.82, 2.24) is 5.32 Å². The number of hydrogen-bond donors (Lipinski definition) is 3. The highest BCUT2D eigenvalue weighted by Gasteiger charge is 2.31. The van der Waals surface area contributed by atoms with Crippen molar-refractivity contribution < 1.29 is 27.9 Å². The Morgan fingerprint density at radius 2 is 1.94 bits per heavy atom. The summed E-state index contributed by atoms with van der Waals surface area (Å²) in [5, 5.41) is 12.7. The van der Waals surface area contributed by atoms with E-state index in [1.165, 1.54) is 0 Å². The number of amides is 3. The van der Waals surface area contributed by atoms with E-state index >= 15 is 0 Å². The minimum atomic E-state index is -4.64. The van der Waals surface area contributed by atoms with Crippen molar-refractivity contribution in [3.8, 4) is 5.75 Å². The first-order valence-corrected chi connectivity index (χ1v) is 4.25. The maximum atomic E-state index is 12.3. The second kappa shape index (κ2) is 4.73. The van der Waals surface area contributed by atoms with Crippen LogP contribution < -0.4 is 10.6 Å². The second-order valence-electron chi connectivity index (χ2n) is 2.98. The third-order valence-corrected chi connectivity index (χ3v) is 1.69. The Bertz CT molecular complexity index is 446. The Balaban J connectivity index is 2.98. The van der Waals surface area contributed by atoms with E-state index in [1.54, 1.807) is 5.32 Å². The molecule has 0 atom stereocenters. The number of phenolic OH excluding ortho intramolecular Hbond substituents is 1. The van der Waals surface area contributed by atoms with Crippen LogP contribution in [0.25, 0.3) is 0 Å². The van der Waals surface area contributed by atoms with Gasteiger partial charge in [0.1, 0.15) is 5.75 Å². The second-order valence-corrected chi connectivity index (χ2v) is 2.98. The number of aromatic hydroxyl groups is 1. The number of rotatable bonds is 2. The van der Waals surface area contributed by atoms with Gasteiger partial charge in [0.2, 0.25) is 6.41 Å². The minimum Gasteiger partial charge on any atom is -0.508 e. The highest BCUT2D eigenvalue weighted by Crippen LogP contribution is 2.33. The van der Waals surface area contributed by atoms with E-state index in [0.29, 0.717) is 12.1 Å². The first-order valence-electron chi connectivity index (χ1n) is 4.25. The van der Waals surface area contributed by atoms with Crippen LogP contribution in [-0.4, -0.2) is 17.5 Å². The summed E-state index contributed by atoms with van der Waals surface area (Å²) in [6.07, 6.45) is -4.57. The first-order chi connectivity index (χ1) is 7.82. The Morgan fingerprint density at radius 1 is 1.29 bits per heavy atom. The quantitative estimate of drug-likeness (QED) is 0.697. The molecule has 1 rings (SSSR count). The number of phenols is 1. The third kappa shape index (κ3) is 3.67. The molecule has 0 aliphatic rings. The van der Waals surface area contributed by atoms with E-state index in [1.807, 2.05) is 5.32 Å². The number of carbonyl (C=O) groups is 2. The van der Waals surface area contributed by atoms with Crippen molar-refractivity contribution in [2.75, 3.05) is 5.32 Å². The molecule has 1 aromatic carbocycles. The summed E-state index contributed by atoms with van der Waals surface area (Å²) in [5.41, 5.74) is -1.39. The number of halogens is 3. The van der Waals surface area contributed by atoms with Gasteiger partial charge in [-0.3, -0.25) is 10.1 Å². The lowest BCUT2D eigenvalue weighted by Crippen LogP contribution is -2.27. The SMILES string of the molecule is O=CNC(=O)Nc1cc(O)cc(C(F)(F)F)c1.